The van der Waals surface area contributed by atoms with Crippen LogP contribution in [0, 0.1) is 0 Å². The fraction of sp³-hybridized carbons (Fsp3) is 0.667. The molecule has 1 heterocycles. The smallest absolute Gasteiger partial charge is 0.230 e. The molecular weight excluding hydrogens is 242 g/mol. The van der Waals surface area contributed by atoms with Gasteiger partial charge in [0.2, 0.25) is 11.9 Å². The molecule has 0 saturated carbocycles. The summed E-state index contributed by atoms with van der Waals surface area (Å²) in [6.45, 7) is 2.37. The van der Waals surface area contributed by atoms with Crippen molar-refractivity contribution >= 4 is 23.6 Å². The van der Waals surface area contributed by atoms with Crippen LogP contribution >= 0.6 is 11.8 Å². The van der Waals surface area contributed by atoms with Gasteiger partial charge in [0.25, 0.3) is 0 Å². The van der Waals surface area contributed by atoms with Gasteiger partial charge < -0.3 is 15.8 Å². The molecule has 0 radical (unpaired) electrons. The fourth-order valence-electron chi connectivity index (χ4n) is 1.19. The van der Waals surface area contributed by atoms with Crippen molar-refractivity contribution in [2.45, 2.75) is 18.1 Å². The Morgan fingerprint density at radius 3 is 2.88 bits per heavy atom. The number of rotatable bonds is 6. The molecule has 1 rings (SSSR count). The largest absolute Gasteiger partial charge is 0.383 e. The van der Waals surface area contributed by atoms with Gasteiger partial charge in [0.1, 0.15) is 0 Å². The molecule has 0 saturated heterocycles. The van der Waals surface area contributed by atoms with Crippen molar-refractivity contribution in [3.8, 4) is 0 Å². The Hall–Kier alpha value is -1.28. The van der Waals surface area contributed by atoms with Gasteiger partial charge in [-0.3, -0.25) is 9.36 Å². The van der Waals surface area contributed by atoms with E-state index >= 15 is 0 Å². The summed E-state index contributed by atoms with van der Waals surface area (Å²) in [5.74, 6) is 0.543. The summed E-state index contributed by atoms with van der Waals surface area (Å²) in [6.07, 6.45) is 0. The maximum atomic E-state index is 11.5. The highest BCUT2D eigenvalue weighted by Crippen LogP contribution is 2.15. The first-order valence-corrected chi connectivity index (χ1v) is 6.09. The fourth-order valence-corrected chi connectivity index (χ4v) is 1.92. The van der Waals surface area contributed by atoms with Crippen LogP contribution in [-0.4, -0.2) is 46.2 Å². The first-order valence-electron chi connectivity index (χ1n) is 5.10. The number of nitrogens with one attached hydrogen (secondary N) is 1. The molecule has 3 N–H and O–H groups in total. The van der Waals surface area contributed by atoms with Crippen LogP contribution in [0.15, 0.2) is 5.16 Å². The molecule has 1 aromatic heterocycles. The van der Waals surface area contributed by atoms with Crippen molar-refractivity contribution in [3.05, 3.63) is 0 Å². The number of nitrogens with two attached hydrogens (primary N) is 1. The quantitative estimate of drug-likeness (QED) is 0.677. The topological polar surface area (TPSA) is 95.1 Å². The lowest BCUT2D eigenvalue weighted by molar-refractivity contribution is -0.119. The molecule has 8 heteroatoms. The highest BCUT2D eigenvalue weighted by molar-refractivity contribution is 7.99. The third-order valence-corrected chi connectivity index (χ3v) is 3.05. The molecule has 7 nitrogen and oxygen atoms in total. The maximum Gasteiger partial charge on any atom is 0.230 e. The van der Waals surface area contributed by atoms with Crippen molar-refractivity contribution in [1.29, 1.82) is 0 Å². The van der Waals surface area contributed by atoms with Crippen LogP contribution in [0.1, 0.15) is 6.92 Å². The van der Waals surface area contributed by atoms with E-state index in [1.165, 1.54) is 11.8 Å². The van der Waals surface area contributed by atoms with Crippen LogP contribution in [0.3, 0.4) is 0 Å². The summed E-state index contributed by atoms with van der Waals surface area (Å²) in [5.41, 5.74) is 5.53. The molecule has 1 aromatic rings. The van der Waals surface area contributed by atoms with Gasteiger partial charge in [-0.25, -0.2) is 0 Å². The van der Waals surface area contributed by atoms with E-state index in [9.17, 15) is 4.79 Å². The van der Waals surface area contributed by atoms with E-state index in [4.69, 9.17) is 10.5 Å². The number of methoxy groups -OCH3 is 1. The minimum absolute atomic E-state index is 0.00216. The highest BCUT2D eigenvalue weighted by atomic mass is 32.2. The molecule has 0 fully saturated rings. The molecule has 1 unspecified atom stereocenters. The van der Waals surface area contributed by atoms with E-state index < -0.39 is 0 Å². The normalized spacial score (nSPS) is 12.4. The van der Waals surface area contributed by atoms with Gasteiger partial charge in [0, 0.05) is 20.2 Å². The molecule has 0 spiro atoms. The Morgan fingerprint density at radius 1 is 1.65 bits per heavy atom. The highest BCUT2D eigenvalue weighted by Gasteiger charge is 2.11. The standard InChI is InChI=1S/C9H17N5O2S/c1-6(4-16-3)11-7(15)5-17-9-13-12-8(10)14(9)2/h6H,4-5H2,1-3H3,(H2,10,12)(H,11,15). The van der Waals surface area contributed by atoms with E-state index in [1.54, 1.807) is 18.7 Å². The number of hydrogen-bond acceptors (Lipinski definition) is 6. The third-order valence-electron chi connectivity index (χ3n) is 2.02. The summed E-state index contributed by atoms with van der Waals surface area (Å²) in [7, 11) is 3.35. The predicted octanol–water partition coefficient (Wildman–Crippen LogP) is -0.359. The first-order chi connectivity index (χ1) is 8.04. The molecule has 1 amide bonds. The molecule has 0 aliphatic carbocycles. The number of nitrogen functional groups attached to an aromatic ring is 1. The summed E-state index contributed by atoms with van der Waals surface area (Å²) in [6, 6.07) is -0.00216. The number of carbonyl (C=O) groups is 1. The van der Waals surface area contributed by atoms with Gasteiger partial charge in [-0.05, 0) is 6.92 Å². The number of carbonyl (C=O) groups excluding carboxylic acids is 1. The second-order valence-electron chi connectivity index (χ2n) is 3.61. The van der Waals surface area contributed by atoms with E-state index in [0.717, 1.165) is 0 Å². The zero-order chi connectivity index (χ0) is 12.8. The van der Waals surface area contributed by atoms with Crippen molar-refractivity contribution in [3.63, 3.8) is 0 Å². The summed E-state index contributed by atoms with van der Waals surface area (Å²) in [4.78, 5) is 11.5. The number of nitrogens with zero attached hydrogens (tertiary/aromatic N) is 3. The van der Waals surface area contributed by atoms with Gasteiger partial charge in [0.15, 0.2) is 5.16 Å². The zero-order valence-electron chi connectivity index (χ0n) is 10.1. The lowest BCUT2D eigenvalue weighted by Gasteiger charge is -2.12. The average molecular weight is 259 g/mol. The van der Waals surface area contributed by atoms with Crippen molar-refractivity contribution in [2.75, 3.05) is 25.2 Å². The van der Waals surface area contributed by atoms with Gasteiger partial charge in [-0.2, -0.15) is 0 Å². The Labute approximate surface area is 104 Å². The molecule has 1 atom stereocenters. The number of anilines is 1. The molecule has 0 aliphatic heterocycles. The molecule has 17 heavy (non-hydrogen) atoms. The van der Waals surface area contributed by atoms with E-state index in [-0.39, 0.29) is 17.7 Å². The van der Waals surface area contributed by atoms with Gasteiger partial charge in [-0.15, -0.1) is 10.2 Å². The molecule has 0 aliphatic rings. The van der Waals surface area contributed by atoms with Gasteiger partial charge in [-0.1, -0.05) is 11.8 Å². The number of amides is 1. The Morgan fingerprint density at radius 2 is 2.35 bits per heavy atom. The SMILES string of the molecule is COCC(C)NC(=O)CSc1nnc(N)n1C. The molecular formula is C9H17N5O2S. The van der Waals surface area contributed by atoms with Crippen LogP contribution in [-0.2, 0) is 16.6 Å². The second kappa shape index (κ2) is 6.45. The van der Waals surface area contributed by atoms with E-state index in [0.29, 0.717) is 17.7 Å². The van der Waals surface area contributed by atoms with Crippen LogP contribution in [0.4, 0.5) is 5.95 Å². The monoisotopic (exact) mass is 259 g/mol. The maximum absolute atomic E-state index is 11.5. The minimum Gasteiger partial charge on any atom is -0.383 e. The third kappa shape index (κ3) is 4.23. The van der Waals surface area contributed by atoms with Gasteiger partial charge >= 0.3 is 0 Å². The molecule has 0 bridgehead atoms. The second-order valence-corrected chi connectivity index (χ2v) is 4.55. The van der Waals surface area contributed by atoms with Crippen LogP contribution < -0.4 is 11.1 Å². The van der Waals surface area contributed by atoms with Crippen LogP contribution in [0.2, 0.25) is 0 Å². The van der Waals surface area contributed by atoms with E-state index in [2.05, 4.69) is 15.5 Å². The Bertz CT molecular complexity index is 381. The lowest BCUT2D eigenvalue weighted by Crippen LogP contribution is -2.36. The summed E-state index contributed by atoms with van der Waals surface area (Å²) in [5, 5.41) is 11.0. The van der Waals surface area contributed by atoms with Gasteiger partial charge in [0.05, 0.1) is 12.4 Å². The number of aromatic nitrogens is 3. The number of ether oxygens (including phenoxy) is 1. The molecule has 0 aromatic carbocycles. The zero-order valence-corrected chi connectivity index (χ0v) is 11.0. The minimum atomic E-state index is -0.0684. The number of thioether (sulfide) groups is 1. The lowest BCUT2D eigenvalue weighted by atomic mass is 10.3. The summed E-state index contributed by atoms with van der Waals surface area (Å²) < 4.78 is 6.56. The van der Waals surface area contributed by atoms with Crippen molar-refractivity contribution in [2.24, 2.45) is 7.05 Å². The van der Waals surface area contributed by atoms with E-state index in [1.807, 2.05) is 6.92 Å². The van der Waals surface area contributed by atoms with Crippen molar-refractivity contribution in [1.82, 2.24) is 20.1 Å². The first kappa shape index (κ1) is 13.8. The van der Waals surface area contributed by atoms with Crippen LogP contribution in [0.5, 0.6) is 0 Å². The Kier molecular flexibility index (Phi) is 5.23. The molecule has 96 valence electrons. The number of hydrogen-bond donors (Lipinski definition) is 2. The Balaban J connectivity index is 2.36. The predicted molar refractivity (Wildman–Crippen MR) is 65.6 cm³/mol. The van der Waals surface area contributed by atoms with Crippen LogP contribution in [0.25, 0.3) is 0 Å². The summed E-state index contributed by atoms with van der Waals surface area (Å²) >= 11 is 1.29. The average Bonchev–Trinajstić information content (AvgIpc) is 2.57. The van der Waals surface area contributed by atoms with Crippen molar-refractivity contribution < 1.29 is 9.53 Å².